The number of thiophene rings is 1. The molecule has 0 bridgehead atoms. The molecule has 2 aromatic carbocycles. The van der Waals surface area contributed by atoms with Gasteiger partial charge >= 0.3 is 0 Å². The molecule has 0 saturated carbocycles. The minimum Gasteiger partial charge on any atom is -0.144 e. The second-order valence-electron chi connectivity index (χ2n) is 6.26. The predicted octanol–water partition coefficient (Wildman–Crippen LogP) is 5.18. The Morgan fingerprint density at radius 1 is 0.944 bits per heavy atom. The van der Waals surface area contributed by atoms with Crippen molar-refractivity contribution in [1.29, 1.82) is 0 Å². The van der Waals surface area contributed by atoms with Gasteiger partial charge in [-0.3, -0.25) is 0 Å². The van der Waals surface area contributed by atoms with Crippen LogP contribution in [0, 0.1) is 5.41 Å². The highest BCUT2D eigenvalue weighted by atomic mass is 32.1. The molecule has 0 unspecified atom stereocenters. The maximum atomic E-state index is 2.44. The van der Waals surface area contributed by atoms with Gasteiger partial charge in [-0.05, 0) is 57.7 Å². The van der Waals surface area contributed by atoms with Crippen molar-refractivity contribution >= 4 is 32.2 Å². The van der Waals surface area contributed by atoms with Crippen LogP contribution >= 0.6 is 11.3 Å². The number of benzene rings is 2. The van der Waals surface area contributed by atoms with Crippen LogP contribution in [0.5, 0.6) is 0 Å². The van der Waals surface area contributed by atoms with E-state index in [1.165, 1.54) is 33.7 Å². The first-order chi connectivity index (χ1) is 8.62. The Morgan fingerprint density at radius 2 is 1.72 bits per heavy atom. The van der Waals surface area contributed by atoms with Gasteiger partial charge in [-0.2, -0.15) is 0 Å². The summed E-state index contributed by atoms with van der Waals surface area (Å²) >= 11 is 1.84. The van der Waals surface area contributed by atoms with Crippen molar-refractivity contribution in [1.82, 2.24) is 0 Å². The molecule has 1 heterocycles. The van der Waals surface area contributed by atoms with E-state index < -0.39 is 0 Å². The van der Waals surface area contributed by atoms with E-state index in [4.69, 9.17) is 0 Å². The zero-order valence-electron chi connectivity index (χ0n) is 10.8. The maximum absolute atomic E-state index is 2.44. The van der Waals surface area contributed by atoms with Crippen molar-refractivity contribution < 1.29 is 0 Å². The summed E-state index contributed by atoms with van der Waals surface area (Å²) in [6, 6.07) is 11.6. The monoisotopic (exact) mass is 252 g/mol. The summed E-state index contributed by atoms with van der Waals surface area (Å²) in [5.74, 6) is 0. The highest BCUT2D eigenvalue weighted by Gasteiger charge is 2.28. The molecule has 0 radical (unpaired) electrons. The second kappa shape index (κ2) is 3.36. The Hall–Kier alpha value is -1.34. The van der Waals surface area contributed by atoms with Crippen LogP contribution in [0.2, 0.25) is 0 Å². The van der Waals surface area contributed by atoms with Crippen molar-refractivity contribution in [2.24, 2.45) is 5.41 Å². The zero-order chi connectivity index (χ0) is 12.3. The van der Waals surface area contributed by atoms with Gasteiger partial charge in [-0.25, -0.2) is 0 Å². The van der Waals surface area contributed by atoms with E-state index in [9.17, 15) is 0 Å². The second-order valence-corrected chi connectivity index (χ2v) is 7.21. The van der Waals surface area contributed by atoms with Crippen LogP contribution in [-0.4, -0.2) is 0 Å². The minimum atomic E-state index is 0.438. The fourth-order valence-electron chi connectivity index (χ4n) is 3.34. The van der Waals surface area contributed by atoms with Crippen molar-refractivity contribution in [3.8, 4) is 0 Å². The molecule has 0 nitrogen and oxygen atoms in total. The molecule has 4 rings (SSSR count). The molecule has 0 saturated heterocycles. The van der Waals surface area contributed by atoms with Gasteiger partial charge in [0.15, 0.2) is 0 Å². The summed E-state index contributed by atoms with van der Waals surface area (Å²) < 4.78 is 1.40. The molecule has 18 heavy (non-hydrogen) atoms. The molecule has 1 aromatic heterocycles. The fourth-order valence-corrected chi connectivity index (χ4v) is 4.14. The highest BCUT2D eigenvalue weighted by Crippen LogP contribution is 2.40. The third-order valence-corrected chi connectivity index (χ3v) is 4.99. The van der Waals surface area contributed by atoms with Crippen molar-refractivity contribution in [2.45, 2.75) is 26.7 Å². The Labute approximate surface area is 111 Å². The van der Waals surface area contributed by atoms with E-state index in [1.807, 2.05) is 11.3 Å². The minimum absolute atomic E-state index is 0.438. The molecular formula is C17H16S. The number of hydrogen-bond acceptors (Lipinski definition) is 1. The normalized spacial score (nSPS) is 17.4. The summed E-state index contributed by atoms with van der Waals surface area (Å²) in [5, 5.41) is 6.45. The molecule has 3 aromatic rings. The van der Waals surface area contributed by atoms with E-state index in [0.717, 1.165) is 0 Å². The lowest BCUT2D eigenvalue weighted by Crippen LogP contribution is -2.09. The van der Waals surface area contributed by atoms with E-state index >= 15 is 0 Å². The molecule has 0 amide bonds. The topological polar surface area (TPSA) is 0 Å². The molecule has 0 spiro atoms. The lowest BCUT2D eigenvalue weighted by molar-refractivity contribution is 0.392. The van der Waals surface area contributed by atoms with Crippen LogP contribution in [0.25, 0.3) is 20.9 Å². The Bertz CT molecular complexity index is 762. The average molecular weight is 252 g/mol. The molecule has 1 heteroatoms. The van der Waals surface area contributed by atoms with Crippen molar-refractivity contribution in [3.05, 3.63) is 46.8 Å². The van der Waals surface area contributed by atoms with Gasteiger partial charge in [-0.15, -0.1) is 11.3 Å². The van der Waals surface area contributed by atoms with Crippen LogP contribution in [0.15, 0.2) is 35.7 Å². The molecule has 0 N–H and O–H groups in total. The molecule has 0 atom stereocenters. The quantitative estimate of drug-likeness (QED) is 0.517. The van der Waals surface area contributed by atoms with E-state index in [2.05, 4.69) is 49.6 Å². The molecule has 1 aliphatic rings. The van der Waals surface area contributed by atoms with Gasteiger partial charge in [0, 0.05) is 10.1 Å². The van der Waals surface area contributed by atoms with Crippen LogP contribution in [0.4, 0.5) is 0 Å². The van der Waals surface area contributed by atoms with Crippen LogP contribution in [0.1, 0.15) is 25.0 Å². The first kappa shape index (κ1) is 10.6. The summed E-state index contributed by atoms with van der Waals surface area (Å²) in [6.07, 6.45) is 2.44. The maximum Gasteiger partial charge on any atom is 0.0349 e. The van der Waals surface area contributed by atoms with Crippen LogP contribution in [0.3, 0.4) is 0 Å². The van der Waals surface area contributed by atoms with E-state index in [0.29, 0.717) is 5.41 Å². The Kier molecular flexibility index (Phi) is 1.97. The van der Waals surface area contributed by atoms with Crippen molar-refractivity contribution in [3.63, 3.8) is 0 Å². The average Bonchev–Trinajstić information content (AvgIpc) is 2.87. The number of rotatable bonds is 0. The third kappa shape index (κ3) is 1.44. The fraction of sp³-hybridized carbons (Fsp3) is 0.294. The van der Waals surface area contributed by atoms with Crippen molar-refractivity contribution in [2.75, 3.05) is 0 Å². The highest BCUT2D eigenvalue weighted by molar-refractivity contribution is 7.17. The van der Waals surface area contributed by atoms with Gasteiger partial charge in [0.05, 0.1) is 0 Å². The Morgan fingerprint density at radius 3 is 2.56 bits per heavy atom. The number of hydrogen-bond donors (Lipinski definition) is 0. The predicted molar refractivity (Wildman–Crippen MR) is 80.5 cm³/mol. The molecule has 1 aliphatic carbocycles. The van der Waals surface area contributed by atoms with Crippen LogP contribution in [-0.2, 0) is 12.8 Å². The lowest BCUT2D eigenvalue weighted by atomic mass is 9.90. The summed E-state index contributed by atoms with van der Waals surface area (Å²) in [6.45, 7) is 4.75. The number of fused-ring (bicyclic) bond motifs is 4. The lowest BCUT2D eigenvalue weighted by Gasteiger charge is -2.14. The van der Waals surface area contributed by atoms with Gasteiger partial charge in [-0.1, -0.05) is 32.0 Å². The van der Waals surface area contributed by atoms with Gasteiger partial charge in [0.2, 0.25) is 0 Å². The molecule has 90 valence electrons. The third-order valence-electron chi connectivity index (χ3n) is 4.11. The summed E-state index contributed by atoms with van der Waals surface area (Å²) in [5.41, 5.74) is 3.56. The Balaban J connectivity index is 2.07. The molecular weight excluding hydrogens is 236 g/mol. The first-order valence-corrected chi connectivity index (χ1v) is 7.42. The summed E-state index contributed by atoms with van der Waals surface area (Å²) in [4.78, 5) is 0. The summed E-state index contributed by atoms with van der Waals surface area (Å²) in [7, 11) is 0. The standard InChI is InChI=1S/C17H16S/c1-17(2)9-12-7-11-3-4-16-14(5-6-18-16)15(11)8-13(12)10-17/h3-8H,9-10H2,1-2H3. The molecule has 0 fully saturated rings. The van der Waals surface area contributed by atoms with Crippen LogP contribution < -0.4 is 0 Å². The largest absolute Gasteiger partial charge is 0.144 e. The SMILES string of the molecule is CC1(C)Cc2cc3ccc4sccc4c3cc2C1. The van der Waals surface area contributed by atoms with E-state index in [1.54, 1.807) is 11.1 Å². The first-order valence-electron chi connectivity index (χ1n) is 6.54. The molecule has 0 aliphatic heterocycles. The van der Waals surface area contributed by atoms with Gasteiger partial charge in [0.1, 0.15) is 0 Å². The van der Waals surface area contributed by atoms with E-state index in [-0.39, 0.29) is 0 Å². The zero-order valence-corrected chi connectivity index (χ0v) is 11.6. The van der Waals surface area contributed by atoms with Gasteiger partial charge in [0.25, 0.3) is 0 Å². The smallest absolute Gasteiger partial charge is 0.0349 e. The van der Waals surface area contributed by atoms with Gasteiger partial charge < -0.3 is 0 Å².